The molecule has 0 saturated heterocycles. The lowest BCUT2D eigenvalue weighted by Crippen LogP contribution is -2.11. The summed E-state index contributed by atoms with van der Waals surface area (Å²) in [4.78, 5) is 16.3. The smallest absolute Gasteiger partial charge is 0.250 e. The molecule has 0 bridgehead atoms. The maximum Gasteiger partial charge on any atom is 0.250 e. The average Bonchev–Trinajstić information content (AvgIpc) is 2.72. The number of amides is 1. The van der Waals surface area contributed by atoms with E-state index >= 15 is 0 Å². The normalized spacial score (nSPS) is 11.4. The molecule has 0 fully saturated rings. The molecule has 30 heavy (non-hydrogen) atoms. The maximum absolute atomic E-state index is 11.8. The Morgan fingerprint density at radius 3 is 2.37 bits per heavy atom. The van der Waals surface area contributed by atoms with Crippen molar-refractivity contribution in [3.05, 3.63) is 84.6 Å². The number of sulfone groups is 1. The molecule has 1 heterocycles. The first-order valence-electron chi connectivity index (χ1n) is 9.09. The Kier molecular flexibility index (Phi) is 4.97. The van der Waals surface area contributed by atoms with Gasteiger partial charge in [-0.15, -0.1) is 0 Å². The molecule has 2 N–H and O–H groups in total. The average molecular weight is 418 g/mol. The summed E-state index contributed by atoms with van der Waals surface area (Å²) in [5.74, 6) is 0.438. The molecule has 0 radical (unpaired) electrons. The molecular formula is C23H18N2O4S. The maximum atomic E-state index is 11.8. The molecule has 4 rings (SSSR count). The van der Waals surface area contributed by atoms with Gasteiger partial charge in [0, 0.05) is 17.8 Å². The van der Waals surface area contributed by atoms with Crippen LogP contribution in [0.2, 0.25) is 0 Å². The Balaban J connectivity index is 1.75. The second-order valence-electron chi connectivity index (χ2n) is 6.80. The van der Waals surface area contributed by atoms with E-state index in [-0.39, 0.29) is 4.90 Å². The van der Waals surface area contributed by atoms with Crippen LogP contribution in [0.15, 0.2) is 83.9 Å². The highest BCUT2D eigenvalue weighted by Gasteiger charge is 2.12. The first-order valence-corrected chi connectivity index (χ1v) is 11.0. The Morgan fingerprint density at radius 1 is 0.933 bits per heavy atom. The highest BCUT2D eigenvalue weighted by molar-refractivity contribution is 7.90. The van der Waals surface area contributed by atoms with E-state index in [0.717, 1.165) is 22.8 Å². The molecule has 0 saturated carbocycles. The minimum absolute atomic E-state index is 0.190. The van der Waals surface area contributed by atoms with E-state index in [1.165, 1.54) is 12.1 Å². The third kappa shape index (κ3) is 3.88. The number of fused-ring (bicyclic) bond motifs is 1. The van der Waals surface area contributed by atoms with Gasteiger partial charge in [-0.2, -0.15) is 0 Å². The lowest BCUT2D eigenvalue weighted by Gasteiger charge is -2.11. The van der Waals surface area contributed by atoms with Crippen LogP contribution in [0.3, 0.4) is 0 Å². The number of primary amides is 1. The number of carbonyl (C=O) groups excluding carboxylic acids is 1. The van der Waals surface area contributed by atoms with Gasteiger partial charge >= 0.3 is 0 Å². The van der Waals surface area contributed by atoms with Crippen LogP contribution in [-0.4, -0.2) is 25.6 Å². The van der Waals surface area contributed by atoms with Crippen molar-refractivity contribution in [1.29, 1.82) is 0 Å². The first-order chi connectivity index (χ1) is 14.3. The third-order valence-corrected chi connectivity index (χ3v) is 5.76. The summed E-state index contributed by atoms with van der Waals surface area (Å²) in [6, 6.07) is 20.9. The fourth-order valence-corrected chi connectivity index (χ4v) is 3.91. The van der Waals surface area contributed by atoms with Gasteiger partial charge < -0.3 is 10.5 Å². The SMILES string of the molecule is CS(=O)(=O)c1cccc(Oc2cccc(-c3ccnc4c(C(N)=O)cccc34)c2)c1. The summed E-state index contributed by atoms with van der Waals surface area (Å²) in [6.07, 6.45) is 2.79. The number of carbonyl (C=O) groups is 1. The van der Waals surface area contributed by atoms with E-state index in [1.807, 2.05) is 30.3 Å². The molecule has 150 valence electrons. The van der Waals surface area contributed by atoms with E-state index < -0.39 is 15.7 Å². The molecule has 0 aliphatic carbocycles. The van der Waals surface area contributed by atoms with Gasteiger partial charge in [-0.3, -0.25) is 9.78 Å². The van der Waals surface area contributed by atoms with Crippen LogP contribution in [0.1, 0.15) is 10.4 Å². The van der Waals surface area contributed by atoms with Crippen LogP contribution in [0.4, 0.5) is 0 Å². The Bertz CT molecular complexity index is 1380. The topological polar surface area (TPSA) is 99.3 Å². The van der Waals surface area contributed by atoms with E-state index in [1.54, 1.807) is 36.5 Å². The molecule has 0 unspecified atom stereocenters. The highest BCUT2D eigenvalue weighted by atomic mass is 32.2. The summed E-state index contributed by atoms with van der Waals surface area (Å²) in [6.45, 7) is 0. The number of aromatic nitrogens is 1. The van der Waals surface area contributed by atoms with Crippen LogP contribution < -0.4 is 10.5 Å². The second-order valence-corrected chi connectivity index (χ2v) is 8.82. The predicted molar refractivity (Wildman–Crippen MR) is 115 cm³/mol. The van der Waals surface area contributed by atoms with Crippen LogP contribution in [0.25, 0.3) is 22.0 Å². The lowest BCUT2D eigenvalue weighted by atomic mass is 9.99. The lowest BCUT2D eigenvalue weighted by molar-refractivity contribution is 0.100. The number of hydrogen-bond donors (Lipinski definition) is 1. The molecule has 0 aliphatic rings. The Labute approximate surface area is 173 Å². The minimum atomic E-state index is -3.33. The second kappa shape index (κ2) is 7.61. The van der Waals surface area contributed by atoms with Gasteiger partial charge in [0.25, 0.3) is 5.91 Å². The van der Waals surface area contributed by atoms with E-state index in [0.29, 0.717) is 22.6 Å². The number of benzene rings is 3. The van der Waals surface area contributed by atoms with Crippen LogP contribution in [0, 0.1) is 0 Å². The molecule has 0 spiro atoms. The summed E-state index contributed by atoms with van der Waals surface area (Å²) in [7, 11) is -3.33. The van der Waals surface area contributed by atoms with E-state index in [9.17, 15) is 13.2 Å². The zero-order valence-electron chi connectivity index (χ0n) is 16.1. The number of para-hydroxylation sites is 1. The van der Waals surface area contributed by atoms with Crippen molar-refractivity contribution >= 4 is 26.6 Å². The molecule has 1 amide bonds. The number of nitrogens with zero attached hydrogens (tertiary/aromatic N) is 1. The summed E-state index contributed by atoms with van der Waals surface area (Å²) in [5, 5.41) is 0.796. The highest BCUT2D eigenvalue weighted by Crippen LogP contribution is 2.32. The molecule has 0 aliphatic heterocycles. The van der Waals surface area contributed by atoms with Gasteiger partial charge in [0.15, 0.2) is 9.84 Å². The van der Waals surface area contributed by atoms with Crippen molar-refractivity contribution in [2.45, 2.75) is 4.90 Å². The quantitative estimate of drug-likeness (QED) is 0.524. The summed E-state index contributed by atoms with van der Waals surface area (Å²) < 4.78 is 29.5. The summed E-state index contributed by atoms with van der Waals surface area (Å²) in [5.41, 5.74) is 8.11. The third-order valence-electron chi connectivity index (χ3n) is 4.65. The standard InChI is InChI=1S/C23H18N2O4S/c1-30(27,28)18-8-3-7-17(14-18)29-16-6-2-5-15(13-16)19-11-12-25-22-20(19)9-4-10-21(22)23(24)26/h2-14H,1H3,(H2,24,26). The monoisotopic (exact) mass is 418 g/mol. The number of nitrogens with two attached hydrogens (primary N) is 1. The van der Waals surface area contributed by atoms with Crippen molar-refractivity contribution < 1.29 is 17.9 Å². The van der Waals surface area contributed by atoms with Crippen LogP contribution in [-0.2, 0) is 9.84 Å². The number of ether oxygens (including phenoxy) is 1. The van der Waals surface area contributed by atoms with Crippen molar-refractivity contribution in [2.24, 2.45) is 5.73 Å². The molecule has 3 aromatic carbocycles. The molecule has 0 atom stereocenters. The van der Waals surface area contributed by atoms with Crippen molar-refractivity contribution in [2.75, 3.05) is 6.26 Å². The van der Waals surface area contributed by atoms with E-state index in [2.05, 4.69) is 4.98 Å². The molecule has 7 heteroatoms. The molecule has 6 nitrogen and oxygen atoms in total. The minimum Gasteiger partial charge on any atom is -0.457 e. The van der Waals surface area contributed by atoms with Gasteiger partial charge in [-0.25, -0.2) is 8.42 Å². The van der Waals surface area contributed by atoms with Gasteiger partial charge in [0.05, 0.1) is 16.0 Å². The molecule has 4 aromatic rings. The predicted octanol–water partition coefficient (Wildman–Crippen LogP) is 4.20. The largest absolute Gasteiger partial charge is 0.457 e. The van der Waals surface area contributed by atoms with E-state index in [4.69, 9.17) is 10.5 Å². The molecule has 1 aromatic heterocycles. The van der Waals surface area contributed by atoms with Crippen LogP contribution >= 0.6 is 0 Å². The zero-order chi connectivity index (χ0) is 21.3. The Morgan fingerprint density at radius 2 is 1.63 bits per heavy atom. The number of hydrogen-bond acceptors (Lipinski definition) is 5. The fourth-order valence-electron chi connectivity index (χ4n) is 3.26. The van der Waals surface area contributed by atoms with Gasteiger partial charge in [0.2, 0.25) is 0 Å². The fraction of sp³-hybridized carbons (Fsp3) is 0.0435. The van der Waals surface area contributed by atoms with Crippen molar-refractivity contribution in [3.8, 4) is 22.6 Å². The van der Waals surface area contributed by atoms with Crippen molar-refractivity contribution in [3.63, 3.8) is 0 Å². The van der Waals surface area contributed by atoms with Crippen molar-refractivity contribution in [1.82, 2.24) is 4.98 Å². The first kappa shape index (κ1) is 19.6. The van der Waals surface area contributed by atoms with Gasteiger partial charge in [0.1, 0.15) is 11.5 Å². The summed E-state index contributed by atoms with van der Waals surface area (Å²) >= 11 is 0. The Hall–Kier alpha value is -3.71. The zero-order valence-corrected chi connectivity index (χ0v) is 16.9. The molecular weight excluding hydrogens is 400 g/mol. The number of pyridine rings is 1. The van der Waals surface area contributed by atoms with Gasteiger partial charge in [-0.1, -0.05) is 30.3 Å². The van der Waals surface area contributed by atoms with Gasteiger partial charge in [-0.05, 0) is 53.6 Å². The van der Waals surface area contributed by atoms with Crippen LogP contribution in [0.5, 0.6) is 11.5 Å². The number of rotatable bonds is 5.